The Morgan fingerprint density at radius 2 is 1.93 bits per heavy atom. The van der Waals surface area contributed by atoms with Crippen LogP contribution in [-0.2, 0) is 10.0 Å². The number of rotatable bonds is 6. The van der Waals surface area contributed by atoms with E-state index in [9.17, 15) is 8.42 Å². The Labute approximate surface area is 165 Å². The molecule has 0 saturated carbocycles. The second kappa shape index (κ2) is 8.15. The van der Waals surface area contributed by atoms with Gasteiger partial charge in [0.1, 0.15) is 11.6 Å². The van der Waals surface area contributed by atoms with Crippen molar-refractivity contribution in [3.63, 3.8) is 0 Å². The molecule has 3 rings (SSSR count). The second-order valence-electron chi connectivity index (χ2n) is 6.61. The number of nitrogens with zero attached hydrogens (tertiary/aromatic N) is 3. The third-order valence-corrected chi connectivity index (χ3v) is 5.97. The van der Waals surface area contributed by atoms with Crippen LogP contribution in [0.3, 0.4) is 0 Å². The van der Waals surface area contributed by atoms with Crippen molar-refractivity contribution in [1.29, 1.82) is 5.41 Å². The van der Waals surface area contributed by atoms with Crippen LogP contribution in [-0.4, -0.2) is 62.5 Å². The molecule has 150 valence electrons. The molecule has 2 heterocycles. The molecule has 0 spiro atoms. The molecule has 9 heteroatoms. The van der Waals surface area contributed by atoms with E-state index >= 15 is 0 Å². The molecular formula is C19H25N5O3S. The van der Waals surface area contributed by atoms with Gasteiger partial charge in [-0.25, -0.2) is 13.4 Å². The Kier molecular flexibility index (Phi) is 5.85. The summed E-state index contributed by atoms with van der Waals surface area (Å²) in [4.78, 5) is 6.43. The number of piperazine rings is 1. The number of aromatic nitrogens is 1. The maximum Gasteiger partial charge on any atom is 0.211 e. The van der Waals surface area contributed by atoms with Gasteiger partial charge in [-0.2, -0.15) is 4.31 Å². The van der Waals surface area contributed by atoms with Gasteiger partial charge in [-0.3, -0.25) is 5.41 Å². The number of hydrogen-bond acceptors (Lipinski definition) is 7. The fourth-order valence-corrected chi connectivity index (χ4v) is 3.99. The average molecular weight is 404 g/mol. The highest BCUT2D eigenvalue weighted by atomic mass is 32.2. The summed E-state index contributed by atoms with van der Waals surface area (Å²) >= 11 is 0. The average Bonchev–Trinajstić information content (AvgIpc) is 2.69. The molecule has 0 radical (unpaired) electrons. The predicted molar refractivity (Wildman–Crippen MR) is 111 cm³/mol. The maximum atomic E-state index is 11.7. The number of benzene rings is 1. The fourth-order valence-electron chi connectivity index (χ4n) is 3.16. The van der Waals surface area contributed by atoms with Crippen molar-refractivity contribution in [1.82, 2.24) is 9.29 Å². The Balaban J connectivity index is 1.80. The minimum Gasteiger partial charge on any atom is -0.494 e. The van der Waals surface area contributed by atoms with Crippen LogP contribution in [0.4, 0.5) is 11.5 Å². The fraction of sp³-hybridized carbons (Fsp3) is 0.368. The number of nitrogen functional groups attached to an aromatic ring is 1. The van der Waals surface area contributed by atoms with Gasteiger partial charge in [-0.05, 0) is 37.3 Å². The molecule has 1 aliphatic heterocycles. The first-order valence-electron chi connectivity index (χ1n) is 9.07. The molecule has 0 amide bonds. The molecule has 0 bridgehead atoms. The highest BCUT2D eigenvalue weighted by molar-refractivity contribution is 7.88. The predicted octanol–water partition coefficient (Wildman–Crippen LogP) is 1.56. The van der Waals surface area contributed by atoms with Crippen molar-refractivity contribution in [3.05, 3.63) is 47.7 Å². The van der Waals surface area contributed by atoms with Gasteiger partial charge in [-0.15, -0.1) is 0 Å². The smallest absolute Gasteiger partial charge is 0.211 e. The SMILES string of the molecule is CCOc1ccc(N)c(C(=N)c2ccnc(N3CCN(S(C)(=O)=O)CC3)c2)c1. The molecular weight excluding hydrogens is 378 g/mol. The molecule has 28 heavy (non-hydrogen) atoms. The van der Waals surface area contributed by atoms with Gasteiger partial charge in [0.25, 0.3) is 0 Å². The van der Waals surface area contributed by atoms with E-state index in [2.05, 4.69) is 4.98 Å². The second-order valence-corrected chi connectivity index (χ2v) is 8.59. The van der Waals surface area contributed by atoms with Crippen LogP contribution in [0, 0.1) is 5.41 Å². The Morgan fingerprint density at radius 1 is 1.21 bits per heavy atom. The summed E-state index contributed by atoms with van der Waals surface area (Å²) in [6.45, 7) is 4.39. The van der Waals surface area contributed by atoms with Gasteiger partial charge in [0.2, 0.25) is 10.0 Å². The first kappa shape index (κ1) is 20.1. The molecule has 1 aliphatic rings. The lowest BCUT2D eigenvalue weighted by Crippen LogP contribution is -2.48. The molecule has 0 atom stereocenters. The summed E-state index contributed by atoms with van der Waals surface area (Å²) in [5.74, 6) is 1.39. The quantitative estimate of drug-likeness (QED) is 0.559. The summed E-state index contributed by atoms with van der Waals surface area (Å²) in [7, 11) is -3.18. The molecule has 8 nitrogen and oxygen atoms in total. The number of ether oxygens (including phenoxy) is 1. The molecule has 1 aromatic carbocycles. The Hall–Kier alpha value is -2.65. The van der Waals surface area contributed by atoms with E-state index in [1.165, 1.54) is 10.6 Å². The zero-order valence-electron chi connectivity index (χ0n) is 16.1. The van der Waals surface area contributed by atoms with E-state index in [4.69, 9.17) is 15.9 Å². The standard InChI is InChI=1S/C19H25N5O3S/c1-3-27-15-4-5-17(20)16(13-15)19(21)14-6-7-22-18(12-14)23-8-10-24(11-9-23)28(2,25)26/h4-7,12-13,21H,3,8-11,20H2,1-2H3. The number of pyridine rings is 1. The molecule has 0 aliphatic carbocycles. The monoisotopic (exact) mass is 403 g/mol. The van der Waals surface area contributed by atoms with Crippen molar-refractivity contribution in [2.75, 3.05) is 49.7 Å². The van der Waals surface area contributed by atoms with Gasteiger partial charge in [-0.1, -0.05) is 0 Å². The van der Waals surface area contributed by atoms with Crippen molar-refractivity contribution in [3.8, 4) is 5.75 Å². The number of anilines is 2. The third-order valence-electron chi connectivity index (χ3n) is 4.67. The number of nitrogens with one attached hydrogen (secondary N) is 1. The third kappa shape index (κ3) is 4.42. The zero-order chi connectivity index (χ0) is 20.3. The van der Waals surface area contributed by atoms with Crippen LogP contribution in [0.1, 0.15) is 18.1 Å². The summed E-state index contributed by atoms with van der Waals surface area (Å²) in [6.07, 6.45) is 2.88. The molecule has 1 fully saturated rings. The topological polar surface area (TPSA) is 113 Å². The van der Waals surface area contributed by atoms with Crippen molar-refractivity contribution < 1.29 is 13.2 Å². The summed E-state index contributed by atoms with van der Waals surface area (Å²) in [5, 5.41) is 8.60. The van der Waals surface area contributed by atoms with Crippen LogP contribution < -0.4 is 15.4 Å². The van der Waals surface area contributed by atoms with E-state index < -0.39 is 10.0 Å². The normalized spacial score (nSPS) is 15.4. The van der Waals surface area contributed by atoms with Crippen LogP contribution in [0.2, 0.25) is 0 Å². The lowest BCUT2D eigenvalue weighted by molar-refractivity contribution is 0.340. The molecule has 1 saturated heterocycles. The lowest BCUT2D eigenvalue weighted by Gasteiger charge is -2.34. The molecule has 1 aromatic heterocycles. The van der Waals surface area contributed by atoms with Gasteiger partial charge < -0.3 is 15.4 Å². The van der Waals surface area contributed by atoms with Gasteiger partial charge in [0, 0.05) is 49.2 Å². The van der Waals surface area contributed by atoms with E-state index in [0.29, 0.717) is 55.3 Å². The van der Waals surface area contributed by atoms with Gasteiger partial charge >= 0.3 is 0 Å². The van der Waals surface area contributed by atoms with E-state index in [-0.39, 0.29) is 5.71 Å². The zero-order valence-corrected chi connectivity index (χ0v) is 16.9. The summed E-state index contributed by atoms with van der Waals surface area (Å²) in [5.41, 5.74) is 8.17. The number of nitrogens with two attached hydrogens (primary N) is 1. The maximum absolute atomic E-state index is 11.7. The minimum atomic E-state index is -3.18. The lowest BCUT2D eigenvalue weighted by atomic mass is 10.0. The Bertz CT molecular complexity index is 969. The van der Waals surface area contributed by atoms with E-state index in [1.54, 1.807) is 30.5 Å². The van der Waals surface area contributed by atoms with Crippen molar-refractivity contribution >= 4 is 27.2 Å². The van der Waals surface area contributed by atoms with Crippen molar-refractivity contribution in [2.24, 2.45) is 0 Å². The van der Waals surface area contributed by atoms with Crippen LogP contribution >= 0.6 is 0 Å². The minimum absolute atomic E-state index is 0.289. The van der Waals surface area contributed by atoms with E-state index in [1.807, 2.05) is 17.9 Å². The molecule has 0 unspecified atom stereocenters. The first-order chi connectivity index (χ1) is 13.3. The van der Waals surface area contributed by atoms with Crippen LogP contribution in [0.5, 0.6) is 5.75 Å². The Morgan fingerprint density at radius 3 is 2.57 bits per heavy atom. The molecule has 3 N–H and O–H groups in total. The van der Waals surface area contributed by atoms with Crippen LogP contribution in [0.15, 0.2) is 36.5 Å². The summed E-state index contributed by atoms with van der Waals surface area (Å²) < 4.78 is 30.3. The number of sulfonamides is 1. The highest BCUT2D eigenvalue weighted by Crippen LogP contribution is 2.24. The number of hydrogen-bond donors (Lipinski definition) is 2. The first-order valence-corrected chi connectivity index (χ1v) is 10.9. The van der Waals surface area contributed by atoms with Gasteiger partial charge in [0.15, 0.2) is 0 Å². The molecule has 2 aromatic rings. The van der Waals surface area contributed by atoms with Gasteiger partial charge in [0.05, 0.1) is 18.6 Å². The van der Waals surface area contributed by atoms with Crippen molar-refractivity contribution in [2.45, 2.75) is 6.92 Å². The van der Waals surface area contributed by atoms with Crippen LogP contribution in [0.25, 0.3) is 0 Å². The largest absolute Gasteiger partial charge is 0.494 e. The summed E-state index contributed by atoms with van der Waals surface area (Å²) in [6, 6.07) is 8.90. The highest BCUT2D eigenvalue weighted by Gasteiger charge is 2.24. The van der Waals surface area contributed by atoms with E-state index in [0.717, 1.165) is 5.82 Å².